The highest BCUT2D eigenvalue weighted by atomic mass is 79.9. The van der Waals surface area contributed by atoms with Crippen molar-refractivity contribution >= 4 is 50.6 Å². The Morgan fingerprint density at radius 2 is 1.81 bits per heavy atom. The number of halogens is 2. The van der Waals surface area contributed by atoms with Gasteiger partial charge in [0.2, 0.25) is 0 Å². The first-order valence-corrected chi connectivity index (χ1v) is 12.5. The van der Waals surface area contributed by atoms with Crippen LogP contribution in [-0.4, -0.2) is 25.3 Å². The fraction of sp³-hybridized carbons (Fsp3) is 0.185. The number of benzene rings is 3. The minimum absolute atomic E-state index is 0.139. The Labute approximate surface area is 222 Å². The van der Waals surface area contributed by atoms with Crippen molar-refractivity contribution in [1.82, 2.24) is 5.43 Å². The van der Waals surface area contributed by atoms with Gasteiger partial charge in [-0.05, 0) is 73.5 Å². The average Bonchev–Trinajstić information content (AvgIpc) is 3.29. The van der Waals surface area contributed by atoms with Gasteiger partial charge in [0.15, 0.2) is 17.3 Å². The molecule has 0 saturated carbocycles. The normalized spacial score (nSPS) is 11.1. The van der Waals surface area contributed by atoms with Crippen LogP contribution in [-0.2, 0) is 6.61 Å². The van der Waals surface area contributed by atoms with Crippen LogP contribution in [0.5, 0.6) is 17.2 Å². The highest BCUT2D eigenvalue weighted by Gasteiger charge is 2.14. The Hall–Kier alpha value is -3.49. The third-order valence-electron chi connectivity index (χ3n) is 5.03. The van der Waals surface area contributed by atoms with E-state index in [1.807, 2.05) is 44.2 Å². The van der Waals surface area contributed by atoms with E-state index >= 15 is 0 Å². The maximum atomic E-state index is 12.5. The van der Waals surface area contributed by atoms with Crippen molar-refractivity contribution in [2.24, 2.45) is 5.10 Å². The topological polar surface area (TPSA) is 82.3 Å². The molecule has 0 spiro atoms. The number of nitrogens with one attached hydrogen (secondary N) is 1. The molecular weight excluding hydrogens is 548 g/mol. The van der Waals surface area contributed by atoms with Crippen molar-refractivity contribution < 1.29 is 23.4 Å². The van der Waals surface area contributed by atoms with E-state index in [1.54, 1.807) is 30.3 Å². The Morgan fingerprint density at radius 1 is 1.03 bits per heavy atom. The maximum Gasteiger partial charge on any atom is 0.307 e. The molecule has 1 aromatic heterocycles. The predicted octanol–water partition coefficient (Wildman–Crippen LogP) is 6.99. The molecule has 36 heavy (non-hydrogen) atoms. The van der Waals surface area contributed by atoms with E-state index < -0.39 is 5.91 Å². The monoisotopic (exact) mass is 570 g/mol. The number of carbonyl (C=O) groups is 1. The zero-order valence-corrected chi connectivity index (χ0v) is 22.1. The Balaban J connectivity index is 1.44. The van der Waals surface area contributed by atoms with E-state index in [4.69, 9.17) is 30.2 Å². The Kier molecular flexibility index (Phi) is 8.51. The quantitative estimate of drug-likeness (QED) is 0.164. The summed E-state index contributed by atoms with van der Waals surface area (Å²) in [5, 5.41) is 5.17. The number of furan rings is 1. The number of hydrogen-bond acceptors (Lipinski definition) is 6. The van der Waals surface area contributed by atoms with Crippen LogP contribution >= 0.6 is 27.5 Å². The van der Waals surface area contributed by atoms with E-state index in [0.717, 1.165) is 15.4 Å². The first-order valence-electron chi connectivity index (χ1n) is 11.3. The second kappa shape index (κ2) is 12.0. The number of fused-ring (bicyclic) bond motifs is 1. The zero-order chi connectivity index (χ0) is 25.5. The lowest BCUT2D eigenvalue weighted by Gasteiger charge is -2.14. The van der Waals surface area contributed by atoms with E-state index in [-0.39, 0.29) is 5.76 Å². The number of amides is 1. The number of rotatable bonds is 10. The summed E-state index contributed by atoms with van der Waals surface area (Å²) in [5.74, 6) is 1.29. The van der Waals surface area contributed by atoms with Crippen LogP contribution in [0.2, 0.25) is 5.02 Å². The second-order valence-electron chi connectivity index (χ2n) is 7.62. The van der Waals surface area contributed by atoms with Gasteiger partial charge in [0, 0.05) is 9.86 Å². The van der Waals surface area contributed by atoms with Crippen LogP contribution in [0, 0.1) is 0 Å². The SMILES string of the molecule is CCOc1ccc2oc(C(=O)N/N=C/c3cc(Cl)c(OCc4ccc(Br)cc4)c(OCC)c3)cc2c1. The van der Waals surface area contributed by atoms with Crippen LogP contribution in [0.3, 0.4) is 0 Å². The van der Waals surface area contributed by atoms with Gasteiger partial charge in [0.05, 0.1) is 24.5 Å². The molecule has 4 aromatic rings. The zero-order valence-electron chi connectivity index (χ0n) is 19.7. The van der Waals surface area contributed by atoms with Crippen LogP contribution in [0.1, 0.15) is 35.5 Å². The Bertz CT molecular complexity index is 1390. The molecule has 7 nitrogen and oxygen atoms in total. The van der Waals surface area contributed by atoms with E-state index in [1.165, 1.54) is 6.21 Å². The van der Waals surface area contributed by atoms with Crippen molar-refractivity contribution in [1.29, 1.82) is 0 Å². The summed E-state index contributed by atoms with van der Waals surface area (Å²) in [6.07, 6.45) is 1.47. The van der Waals surface area contributed by atoms with Crippen LogP contribution < -0.4 is 19.6 Å². The first-order chi connectivity index (χ1) is 17.5. The van der Waals surface area contributed by atoms with Crippen LogP contribution in [0.25, 0.3) is 11.0 Å². The molecule has 1 amide bonds. The van der Waals surface area contributed by atoms with Crippen molar-refractivity contribution in [3.63, 3.8) is 0 Å². The van der Waals surface area contributed by atoms with Crippen LogP contribution in [0.4, 0.5) is 0 Å². The molecule has 0 aliphatic carbocycles. The molecule has 0 bridgehead atoms. The van der Waals surface area contributed by atoms with Gasteiger partial charge >= 0.3 is 5.91 Å². The van der Waals surface area contributed by atoms with Crippen molar-refractivity contribution in [2.45, 2.75) is 20.5 Å². The molecule has 0 saturated heterocycles. The standard InChI is InChI=1S/C27H24BrClN2O5/c1-3-33-21-9-10-23-19(13-21)14-25(36-23)27(32)31-30-15-18-11-22(29)26(24(12-18)34-4-2)35-16-17-5-7-20(28)8-6-17/h5-15H,3-4,16H2,1-2H3,(H,31,32)/b30-15+. The summed E-state index contributed by atoms with van der Waals surface area (Å²) in [4.78, 5) is 12.5. The number of hydrazone groups is 1. The second-order valence-corrected chi connectivity index (χ2v) is 8.94. The molecule has 1 heterocycles. The van der Waals surface area contributed by atoms with E-state index in [9.17, 15) is 4.79 Å². The molecule has 1 N–H and O–H groups in total. The summed E-state index contributed by atoms with van der Waals surface area (Å²) in [5.41, 5.74) is 4.68. The predicted molar refractivity (Wildman–Crippen MR) is 144 cm³/mol. The van der Waals surface area contributed by atoms with Crippen molar-refractivity contribution in [3.8, 4) is 17.2 Å². The minimum Gasteiger partial charge on any atom is -0.494 e. The molecule has 0 aliphatic rings. The molecule has 0 atom stereocenters. The summed E-state index contributed by atoms with van der Waals surface area (Å²) < 4.78 is 23.8. The first kappa shape index (κ1) is 25.6. The van der Waals surface area contributed by atoms with Gasteiger partial charge in [-0.3, -0.25) is 4.79 Å². The minimum atomic E-state index is -0.481. The van der Waals surface area contributed by atoms with Gasteiger partial charge in [-0.1, -0.05) is 39.7 Å². The number of nitrogens with zero attached hydrogens (tertiary/aromatic N) is 1. The largest absolute Gasteiger partial charge is 0.494 e. The van der Waals surface area contributed by atoms with Gasteiger partial charge in [0.1, 0.15) is 17.9 Å². The van der Waals surface area contributed by atoms with Gasteiger partial charge in [-0.15, -0.1) is 0 Å². The molecule has 186 valence electrons. The molecule has 0 aliphatic heterocycles. The lowest BCUT2D eigenvalue weighted by atomic mass is 10.2. The fourth-order valence-electron chi connectivity index (χ4n) is 3.41. The Morgan fingerprint density at radius 3 is 2.56 bits per heavy atom. The summed E-state index contributed by atoms with van der Waals surface area (Å²) in [6.45, 7) is 5.10. The fourth-order valence-corrected chi connectivity index (χ4v) is 3.95. The van der Waals surface area contributed by atoms with Gasteiger partial charge < -0.3 is 18.6 Å². The van der Waals surface area contributed by atoms with Crippen molar-refractivity contribution in [3.05, 3.63) is 87.0 Å². The summed E-state index contributed by atoms with van der Waals surface area (Å²) in [7, 11) is 0. The lowest BCUT2D eigenvalue weighted by Crippen LogP contribution is -2.16. The maximum absolute atomic E-state index is 12.5. The molecule has 4 rings (SSSR count). The van der Waals surface area contributed by atoms with Gasteiger partial charge in [-0.2, -0.15) is 5.10 Å². The third kappa shape index (κ3) is 6.38. The highest BCUT2D eigenvalue weighted by Crippen LogP contribution is 2.37. The van der Waals surface area contributed by atoms with Crippen molar-refractivity contribution in [2.75, 3.05) is 13.2 Å². The third-order valence-corrected chi connectivity index (χ3v) is 5.84. The van der Waals surface area contributed by atoms with E-state index in [0.29, 0.717) is 53.2 Å². The lowest BCUT2D eigenvalue weighted by molar-refractivity contribution is 0.0929. The van der Waals surface area contributed by atoms with Gasteiger partial charge in [-0.25, -0.2) is 5.43 Å². The highest BCUT2D eigenvalue weighted by molar-refractivity contribution is 9.10. The molecule has 0 unspecified atom stereocenters. The molecule has 0 fully saturated rings. The summed E-state index contributed by atoms with van der Waals surface area (Å²) >= 11 is 9.91. The molecule has 3 aromatic carbocycles. The number of ether oxygens (including phenoxy) is 3. The van der Waals surface area contributed by atoms with Gasteiger partial charge in [0.25, 0.3) is 0 Å². The molecular formula is C27H24BrClN2O5. The summed E-state index contributed by atoms with van der Waals surface area (Å²) in [6, 6.07) is 18.3. The van der Waals surface area contributed by atoms with E-state index in [2.05, 4.69) is 26.5 Å². The number of hydrogen-bond donors (Lipinski definition) is 1. The number of carbonyl (C=O) groups excluding carboxylic acids is 1. The molecule has 9 heteroatoms. The van der Waals surface area contributed by atoms with Crippen LogP contribution in [0.15, 0.2) is 74.7 Å². The smallest absolute Gasteiger partial charge is 0.307 e. The average molecular weight is 572 g/mol. The molecule has 0 radical (unpaired) electrons.